The molecule has 0 fully saturated rings. The first-order valence-electron chi connectivity index (χ1n) is 11.9. The van der Waals surface area contributed by atoms with Crippen molar-refractivity contribution in [3.05, 3.63) is 88.9 Å². The topological polar surface area (TPSA) is 112 Å². The summed E-state index contributed by atoms with van der Waals surface area (Å²) in [6, 6.07) is 22.2. The van der Waals surface area contributed by atoms with Crippen LogP contribution >= 0.6 is 11.6 Å². The number of hydrogen-bond acceptors (Lipinski definition) is 6. The molecule has 9 heteroatoms. The number of carbonyl (C=O) groups excluding carboxylic acids is 1. The summed E-state index contributed by atoms with van der Waals surface area (Å²) in [4.78, 5) is 23.8. The number of aromatic amines is 1. The third-order valence-electron chi connectivity index (χ3n) is 6.07. The van der Waals surface area contributed by atoms with E-state index in [9.17, 15) is 20.1 Å². The number of anilines is 1. The molecule has 0 saturated carbocycles. The molecule has 192 valence electrons. The van der Waals surface area contributed by atoms with Gasteiger partial charge in [0, 0.05) is 41.8 Å². The number of nitrogens with one attached hydrogen (secondary N) is 1. The number of H-pyrrole nitrogens is 1. The molecule has 0 radical (unpaired) electrons. The molecule has 4 rings (SSSR count). The Balaban J connectivity index is 1.66. The van der Waals surface area contributed by atoms with Gasteiger partial charge in [0.2, 0.25) is 5.91 Å². The largest absolute Gasteiger partial charge is 0.494 e. The van der Waals surface area contributed by atoms with Gasteiger partial charge < -0.3 is 25.2 Å². The molecule has 0 atom stereocenters. The molecule has 0 aliphatic rings. The lowest BCUT2D eigenvalue weighted by Gasteiger charge is -2.24. The van der Waals surface area contributed by atoms with E-state index >= 15 is 0 Å². The Labute approximate surface area is 220 Å². The zero-order valence-electron chi connectivity index (χ0n) is 20.4. The lowest BCUT2D eigenvalue weighted by molar-refractivity contribution is -0.119. The maximum Gasteiger partial charge on any atom is 0.240 e. The molecule has 0 bridgehead atoms. The van der Waals surface area contributed by atoms with Crippen LogP contribution in [0.15, 0.2) is 77.8 Å². The third kappa shape index (κ3) is 6.18. The Morgan fingerprint density at radius 3 is 2.30 bits per heavy atom. The molecule has 0 aliphatic carbocycles. The van der Waals surface area contributed by atoms with E-state index in [1.165, 1.54) is 4.90 Å². The summed E-state index contributed by atoms with van der Waals surface area (Å²) in [5, 5.41) is 30.5. The summed E-state index contributed by atoms with van der Waals surface area (Å²) >= 11 is 6.14. The number of hydrogen-bond donors (Lipinski definition) is 4. The summed E-state index contributed by atoms with van der Waals surface area (Å²) in [5.74, 6) is -0.164. The van der Waals surface area contributed by atoms with Crippen LogP contribution in [0.3, 0.4) is 0 Å². The fraction of sp³-hybridized carbons (Fsp3) is 0.214. The van der Waals surface area contributed by atoms with E-state index in [2.05, 4.69) is 4.98 Å². The van der Waals surface area contributed by atoms with Crippen molar-refractivity contribution in [2.45, 2.75) is 0 Å². The second kappa shape index (κ2) is 12.0. The number of likely N-dealkylation sites (N-methyl/N-ethyl adjacent to an activating group) is 1. The van der Waals surface area contributed by atoms with E-state index in [0.29, 0.717) is 46.3 Å². The molecular weight excluding hydrogens is 492 g/mol. The number of aliphatic imine (C=N–C) groups is 1. The molecule has 8 nitrogen and oxygen atoms in total. The fourth-order valence-electron chi connectivity index (χ4n) is 4.13. The number of rotatable bonds is 10. The van der Waals surface area contributed by atoms with Crippen molar-refractivity contribution >= 4 is 45.5 Å². The molecule has 37 heavy (non-hydrogen) atoms. The molecule has 1 heterocycles. The van der Waals surface area contributed by atoms with E-state index in [1.54, 1.807) is 36.2 Å². The minimum Gasteiger partial charge on any atom is -0.494 e. The van der Waals surface area contributed by atoms with Gasteiger partial charge in [-0.3, -0.25) is 9.69 Å². The first-order chi connectivity index (χ1) is 17.9. The summed E-state index contributed by atoms with van der Waals surface area (Å²) in [6.07, 6.45) is 0. The first-order valence-corrected chi connectivity index (χ1v) is 12.2. The lowest BCUT2D eigenvalue weighted by Crippen LogP contribution is -2.40. The number of carbonyl (C=O) groups is 1. The SMILES string of the molecule is CN(C(=O)CN(CCO)CCO)c1ccc(N=C(c2ccccc2)c2c(O)[nH]c3cc(Cl)ccc23)cc1. The Kier molecular flexibility index (Phi) is 8.58. The maximum absolute atomic E-state index is 12.7. The first kappa shape index (κ1) is 26.4. The predicted octanol–water partition coefficient (Wildman–Crippen LogP) is 3.95. The van der Waals surface area contributed by atoms with E-state index in [-0.39, 0.29) is 31.5 Å². The number of amides is 1. The summed E-state index contributed by atoms with van der Waals surface area (Å²) in [6.45, 7) is 0.518. The zero-order valence-corrected chi connectivity index (χ0v) is 21.2. The van der Waals surface area contributed by atoms with Crippen molar-refractivity contribution in [1.29, 1.82) is 0 Å². The molecule has 0 spiro atoms. The average molecular weight is 521 g/mol. The highest BCUT2D eigenvalue weighted by molar-refractivity contribution is 6.31. The quantitative estimate of drug-likeness (QED) is 0.237. The number of aromatic nitrogens is 1. The van der Waals surface area contributed by atoms with Crippen LogP contribution in [0.5, 0.6) is 5.88 Å². The van der Waals surface area contributed by atoms with Gasteiger partial charge in [0.05, 0.1) is 42.2 Å². The fourth-order valence-corrected chi connectivity index (χ4v) is 4.30. The molecule has 0 aliphatic heterocycles. The molecule has 3 aromatic carbocycles. The van der Waals surface area contributed by atoms with Crippen LogP contribution in [0.2, 0.25) is 5.02 Å². The molecule has 4 aromatic rings. The van der Waals surface area contributed by atoms with Crippen molar-refractivity contribution < 1.29 is 20.1 Å². The van der Waals surface area contributed by atoms with E-state index in [0.717, 1.165) is 10.9 Å². The van der Waals surface area contributed by atoms with Gasteiger partial charge in [0.1, 0.15) is 0 Å². The van der Waals surface area contributed by atoms with Crippen molar-refractivity contribution in [3.63, 3.8) is 0 Å². The minimum absolute atomic E-state index is 0.00265. The number of benzene rings is 3. The lowest BCUT2D eigenvalue weighted by atomic mass is 10.0. The Bertz CT molecular complexity index is 1380. The van der Waals surface area contributed by atoms with Gasteiger partial charge >= 0.3 is 0 Å². The van der Waals surface area contributed by atoms with E-state index < -0.39 is 0 Å². The van der Waals surface area contributed by atoms with Crippen LogP contribution in [-0.2, 0) is 4.79 Å². The molecular formula is C28H29ClN4O4. The summed E-state index contributed by atoms with van der Waals surface area (Å²) in [5.41, 5.74) is 4.03. The molecule has 0 saturated heterocycles. The Hall–Kier alpha value is -3.69. The smallest absolute Gasteiger partial charge is 0.240 e. The zero-order chi connectivity index (χ0) is 26.4. The van der Waals surface area contributed by atoms with Crippen LogP contribution in [0, 0.1) is 0 Å². The van der Waals surface area contributed by atoms with E-state index in [1.807, 2.05) is 48.5 Å². The minimum atomic E-state index is -0.162. The second-order valence-corrected chi connectivity index (χ2v) is 8.99. The third-order valence-corrected chi connectivity index (χ3v) is 6.30. The number of nitrogens with zero attached hydrogens (tertiary/aromatic N) is 3. The summed E-state index contributed by atoms with van der Waals surface area (Å²) < 4.78 is 0. The van der Waals surface area contributed by atoms with Crippen LogP contribution < -0.4 is 4.90 Å². The molecule has 1 amide bonds. The van der Waals surface area contributed by atoms with Gasteiger partial charge in [-0.2, -0.15) is 0 Å². The van der Waals surface area contributed by atoms with Crippen molar-refractivity contribution in [1.82, 2.24) is 9.88 Å². The van der Waals surface area contributed by atoms with Crippen LogP contribution in [0.25, 0.3) is 10.9 Å². The Morgan fingerprint density at radius 1 is 0.973 bits per heavy atom. The van der Waals surface area contributed by atoms with Crippen LogP contribution in [-0.4, -0.2) is 76.7 Å². The number of aromatic hydroxyl groups is 1. The van der Waals surface area contributed by atoms with Crippen molar-refractivity contribution in [2.24, 2.45) is 4.99 Å². The van der Waals surface area contributed by atoms with Gasteiger partial charge in [-0.1, -0.05) is 48.0 Å². The highest BCUT2D eigenvalue weighted by Crippen LogP contribution is 2.33. The van der Waals surface area contributed by atoms with Crippen molar-refractivity contribution in [3.8, 4) is 5.88 Å². The van der Waals surface area contributed by atoms with Crippen molar-refractivity contribution in [2.75, 3.05) is 44.8 Å². The molecule has 4 N–H and O–H groups in total. The number of fused-ring (bicyclic) bond motifs is 1. The maximum atomic E-state index is 12.7. The van der Waals surface area contributed by atoms with Gasteiger partial charge in [-0.25, -0.2) is 4.99 Å². The normalized spacial score (nSPS) is 11.9. The highest BCUT2D eigenvalue weighted by atomic mass is 35.5. The Morgan fingerprint density at radius 2 is 1.65 bits per heavy atom. The number of aliphatic hydroxyl groups is 2. The molecule has 1 aromatic heterocycles. The monoisotopic (exact) mass is 520 g/mol. The predicted molar refractivity (Wildman–Crippen MR) is 147 cm³/mol. The summed E-state index contributed by atoms with van der Waals surface area (Å²) in [7, 11) is 1.68. The molecule has 0 unspecified atom stereocenters. The van der Waals surface area contributed by atoms with Gasteiger partial charge in [-0.15, -0.1) is 0 Å². The van der Waals surface area contributed by atoms with E-state index in [4.69, 9.17) is 16.6 Å². The van der Waals surface area contributed by atoms with Crippen LogP contribution in [0.1, 0.15) is 11.1 Å². The van der Waals surface area contributed by atoms with Gasteiger partial charge in [0.15, 0.2) is 5.88 Å². The second-order valence-electron chi connectivity index (χ2n) is 8.56. The highest BCUT2D eigenvalue weighted by Gasteiger charge is 2.19. The van der Waals surface area contributed by atoms with Crippen LogP contribution in [0.4, 0.5) is 11.4 Å². The number of aliphatic hydroxyl groups excluding tert-OH is 2. The number of halogens is 1. The standard InChI is InChI=1S/C28H29ClN4O4/c1-32(25(36)18-33(13-15-34)14-16-35)22-10-8-21(9-11-22)30-27(19-5-3-2-4-6-19)26-23-12-7-20(29)17-24(23)31-28(26)37/h2-12,17,31,34-35,37H,13-16,18H2,1H3. The van der Waals surface area contributed by atoms with Gasteiger partial charge in [-0.05, 0) is 36.4 Å². The van der Waals surface area contributed by atoms with Gasteiger partial charge in [0.25, 0.3) is 0 Å². The average Bonchev–Trinajstić information content (AvgIpc) is 3.22.